The third-order valence-corrected chi connectivity index (χ3v) is 3.95. The van der Waals surface area contributed by atoms with Crippen molar-refractivity contribution < 1.29 is 17.9 Å². The van der Waals surface area contributed by atoms with Crippen LogP contribution in [-0.2, 0) is 6.18 Å². The highest BCUT2D eigenvalue weighted by Crippen LogP contribution is 2.40. The van der Waals surface area contributed by atoms with Crippen molar-refractivity contribution in [2.24, 2.45) is 0 Å². The summed E-state index contributed by atoms with van der Waals surface area (Å²) in [6.45, 7) is 0. The third-order valence-electron chi connectivity index (χ3n) is 2.66. The van der Waals surface area contributed by atoms with Crippen LogP contribution in [0.3, 0.4) is 0 Å². The number of rotatable bonds is 2. The number of methoxy groups -OCH3 is 1. The van der Waals surface area contributed by atoms with Crippen LogP contribution in [0.25, 0.3) is 11.3 Å². The minimum atomic E-state index is -4.65. The van der Waals surface area contributed by atoms with Gasteiger partial charge in [0.2, 0.25) is 0 Å². The fourth-order valence-electron chi connectivity index (χ4n) is 1.69. The summed E-state index contributed by atoms with van der Waals surface area (Å²) in [5, 5.41) is 0.298. The molecule has 21 heavy (non-hydrogen) atoms. The van der Waals surface area contributed by atoms with Gasteiger partial charge in [0.05, 0.1) is 27.9 Å². The fraction of sp³-hybridized carbons (Fsp3) is 0.154. The summed E-state index contributed by atoms with van der Waals surface area (Å²) in [7, 11) is 1.14. The maximum Gasteiger partial charge on any atom is 0.437 e. The maximum absolute atomic E-state index is 13.0. The highest BCUT2D eigenvalue weighted by Gasteiger charge is 2.36. The molecule has 0 amide bonds. The molecule has 112 valence electrons. The summed E-state index contributed by atoms with van der Waals surface area (Å²) in [5.74, 6) is -0.373. The first-order chi connectivity index (χ1) is 9.75. The lowest BCUT2D eigenvalue weighted by molar-refractivity contribution is -0.142. The van der Waals surface area contributed by atoms with Gasteiger partial charge < -0.3 is 4.74 Å². The minimum Gasteiger partial charge on any atom is -0.494 e. The van der Waals surface area contributed by atoms with Gasteiger partial charge in [0.15, 0.2) is 5.69 Å². The lowest BCUT2D eigenvalue weighted by Crippen LogP contribution is -2.10. The second kappa shape index (κ2) is 5.91. The average molecular weight is 357 g/mol. The van der Waals surface area contributed by atoms with Crippen LogP contribution in [0.15, 0.2) is 24.3 Å². The van der Waals surface area contributed by atoms with E-state index in [1.165, 1.54) is 24.3 Å². The highest BCUT2D eigenvalue weighted by atomic mass is 35.5. The first kappa shape index (κ1) is 16.2. The van der Waals surface area contributed by atoms with E-state index < -0.39 is 11.9 Å². The smallest absolute Gasteiger partial charge is 0.437 e. The van der Waals surface area contributed by atoms with Gasteiger partial charge in [0, 0.05) is 5.56 Å². The minimum absolute atomic E-state index is 0.0201. The lowest BCUT2D eigenvalue weighted by Gasteiger charge is -2.13. The maximum atomic E-state index is 13.0. The molecule has 0 unspecified atom stereocenters. The van der Waals surface area contributed by atoms with Crippen LogP contribution >= 0.6 is 34.8 Å². The van der Waals surface area contributed by atoms with Gasteiger partial charge in [-0.1, -0.05) is 34.8 Å². The number of nitrogens with zero attached hydrogens (tertiary/aromatic N) is 1. The summed E-state index contributed by atoms with van der Waals surface area (Å²) in [4.78, 5) is 3.58. The van der Waals surface area contributed by atoms with Crippen LogP contribution in [-0.4, -0.2) is 12.1 Å². The highest BCUT2D eigenvalue weighted by molar-refractivity contribution is 6.49. The van der Waals surface area contributed by atoms with Gasteiger partial charge in [-0.25, -0.2) is 4.98 Å². The zero-order valence-electron chi connectivity index (χ0n) is 10.4. The fourth-order valence-corrected chi connectivity index (χ4v) is 2.32. The lowest BCUT2D eigenvalue weighted by atomic mass is 10.1. The van der Waals surface area contributed by atoms with Gasteiger partial charge in [-0.05, 0) is 24.3 Å². The number of hydrogen-bond acceptors (Lipinski definition) is 2. The Morgan fingerprint density at radius 1 is 1.00 bits per heavy atom. The Balaban J connectivity index is 2.64. The van der Waals surface area contributed by atoms with Gasteiger partial charge in [0.25, 0.3) is 0 Å². The van der Waals surface area contributed by atoms with Gasteiger partial charge in [-0.2, -0.15) is 13.2 Å². The molecule has 0 aliphatic carbocycles. The number of aromatic nitrogens is 1. The number of benzene rings is 1. The van der Waals surface area contributed by atoms with Crippen LogP contribution in [0.4, 0.5) is 13.2 Å². The van der Waals surface area contributed by atoms with Crippen molar-refractivity contribution in [1.82, 2.24) is 4.98 Å². The first-order valence-electron chi connectivity index (χ1n) is 5.51. The Labute approximate surface area is 133 Å². The molecular formula is C13H7Cl3F3NO. The summed E-state index contributed by atoms with van der Waals surface area (Å²) in [6.07, 6.45) is -4.65. The molecular weight excluding hydrogens is 350 g/mol. The SMILES string of the molecule is COc1ccc(-c2ccc(Cl)c(Cl)c2Cl)nc1C(F)(F)F. The second-order valence-corrected chi connectivity index (χ2v) is 5.13. The largest absolute Gasteiger partial charge is 0.494 e. The van der Waals surface area contributed by atoms with E-state index >= 15 is 0 Å². The predicted molar refractivity (Wildman–Crippen MR) is 76.3 cm³/mol. The van der Waals surface area contributed by atoms with E-state index in [0.717, 1.165) is 7.11 Å². The zero-order chi connectivity index (χ0) is 15.8. The van der Waals surface area contributed by atoms with Crippen molar-refractivity contribution in [2.45, 2.75) is 6.18 Å². The van der Waals surface area contributed by atoms with Gasteiger partial charge in [-0.15, -0.1) is 0 Å². The number of pyridine rings is 1. The molecule has 0 saturated heterocycles. The normalized spacial score (nSPS) is 11.6. The Morgan fingerprint density at radius 3 is 2.24 bits per heavy atom. The molecule has 0 radical (unpaired) electrons. The molecule has 0 aliphatic heterocycles. The predicted octanol–water partition coefficient (Wildman–Crippen LogP) is 5.74. The van der Waals surface area contributed by atoms with E-state index in [0.29, 0.717) is 0 Å². The number of hydrogen-bond donors (Lipinski definition) is 0. The first-order valence-corrected chi connectivity index (χ1v) is 6.65. The number of halogens is 6. The van der Waals surface area contributed by atoms with E-state index in [9.17, 15) is 13.2 Å². The van der Waals surface area contributed by atoms with Crippen molar-refractivity contribution in [3.63, 3.8) is 0 Å². The average Bonchev–Trinajstić information content (AvgIpc) is 2.43. The Kier molecular flexibility index (Phi) is 4.56. The summed E-state index contributed by atoms with van der Waals surface area (Å²) in [5.41, 5.74) is -0.865. The summed E-state index contributed by atoms with van der Waals surface area (Å²) in [6, 6.07) is 5.42. The third kappa shape index (κ3) is 3.20. The van der Waals surface area contributed by atoms with Crippen LogP contribution < -0.4 is 4.74 Å². The van der Waals surface area contributed by atoms with Crippen LogP contribution in [0.5, 0.6) is 5.75 Å². The Hall–Kier alpha value is -1.17. The number of alkyl halides is 3. The molecule has 1 heterocycles. The summed E-state index contributed by atoms with van der Waals surface area (Å²) >= 11 is 17.7. The molecule has 0 aliphatic rings. The van der Waals surface area contributed by atoms with Gasteiger partial charge in [-0.3, -0.25) is 0 Å². The topological polar surface area (TPSA) is 22.1 Å². The molecule has 0 bridgehead atoms. The quantitative estimate of drug-likeness (QED) is 0.640. The molecule has 2 aromatic rings. The molecule has 2 rings (SSSR count). The van der Waals surface area contributed by atoms with Crippen molar-refractivity contribution in [3.05, 3.63) is 45.0 Å². The molecule has 1 aromatic carbocycles. The molecule has 0 saturated carbocycles. The van der Waals surface area contributed by atoms with E-state index in [1.807, 2.05) is 0 Å². The van der Waals surface area contributed by atoms with Crippen molar-refractivity contribution in [2.75, 3.05) is 7.11 Å². The van der Waals surface area contributed by atoms with Gasteiger partial charge in [0.1, 0.15) is 5.75 Å². The molecule has 8 heteroatoms. The Bertz CT molecular complexity index is 689. The van der Waals surface area contributed by atoms with Crippen molar-refractivity contribution in [1.29, 1.82) is 0 Å². The van der Waals surface area contributed by atoms with Crippen LogP contribution in [0, 0.1) is 0 Å². The van der Waals surface area contributed by atoms with Gasteiger partial charge >= 0.3 is 6.18 Å². The second-order valence-electron chi connectivity index (χ2n) is 3.97. The van der Waals surface area contributed by atoms with Crippen molar-refractivity contribution in [3.8, 4) is 17.0 Å². The molecule has 0 atom stereocenters. The standard InChI is InChI=1S/C13H7Cl3F3NO/c1-21-9-5-4-8(20-12(9)13(17,18)19)6-2-3-7(14)11(16)10(6)15/h2-5H,1H3. The van der Waals surface area contributed by atoms with E-state index in [1.54, 1.807) is 0 Å². The van der Waals surface area contributed by atoms with Crippen molar-refractivity contribution >= 4 is 34.8 Å². The molecule has 0 N–H and O–H groups in total. The van der Waals surface area contributed by atoms with E-state index in [4.69, 9.17) is 34.8 Å². The molecule has 0 fully saturated rings. The number of ether oxygens (including phenoxy) is 1. The zero-order valence-corrected chi connectivity index (χ0v) is 12.7. The Morgan fingerprint density at radius 2 is 1.67 bits per heavy atom. The van der Waals surface area contributed by atoms with E-state index in [2.05, 4.69) is 9.72 Å². The molecule has 1 aromatic heterocycles. The summed E-state index contributed by atoms with van der Waals surface area (Å²) < 4.78 is 43.5. The van der Waals surface area contributed by atoms with E-state index in [-0.39, 0.29) is 32.1 Å². The molecule has 2 nitrogen and oxygen atoms in total. The molecule has 0 spiro atoms. The van der Waals surface area contributed by atoms with Crippen LogP contribution in [0.1, 0.15) is 5.69 Å². The monoisotopic (exact) mass is 355 g/mol. The van der Waals surface area contributed by atoms with Crippen LogP contribution in [0.2, 0.25) is 15.1 Å².